The van der Waals surface area contributed by atoms with Crippen LogP contribution < -0.4 is 5.73 Å². The lowest BCUT2D eigenvalue weighted by molar-refractivity contribution is -0.0533. The fraction of sp³-hybridized carbons (Fsp3) is 0.545. The summed E-state index contributed by atoms with van der Waals surface area (Å²) in [6.07, 6.45) is -3.32. The molecule has 0 bridgehead atoms. The van der Waals surface area contributed by atoms with Crippen molar-refractivity contribution in [3.63, 3.8) is 0 Å². The highest BCUT2D eigenvalue weighted by atomic mass is 16.6. The minimum Gasteiger partial charge on any atom is -0.394 e. The van der Waals surface area contributed by atoms with Crippen LogP contribution in [-0.4, -0.2) is 64.9 Å². The molecule has 1 fully saturated rings. The first-order chi connectivity index (χ1) is 10.1. The van der Waals surface area contributed by atoms with Crippen molar-refractivity contribution >= 4 is 17.0 Å². The Bertz CT molecular complexity index is 662. The van der Waals surface area contributed by atoms with Crippen LogP contribution >= 0.6 is 0 Å². The molecule has 4 unspecified atom stereocenters. The Balaban J connectivity index is 2.14. The number of hydrogen-bond acceptors (Lipinski definition) is 9. The van der Waals surface area contributed by atoms with Crippen molar-refractivity contribution in [2.24, 2.45) is 0 Å². The van der Waals surface area contributed by atoms with E-state index in [0.717, 1.165) is 0 Å². The van der Waals surface area contributed by atoms with Crippen LogP contribution in [0.5, 0.6) is 0 Å². The van der Waals surface area contributed by atoms with Crippen LogP contribution in [0, 0.1) is 0 Å². The normalized spacial score (nSPS) is 29.3. The van der Waals surface area contributed by atoms with Crippen molar-refractivity contribution in [1.29, 1.82) is 0 Å². The average molecular weight is 297 g/mol. The third-order valence-electron chi connectivity index (χ3n) is 3.49. The number of nitrogen functional groups attached to an aromatic ring is 1. The minimum absolute atomic E-state index is 0.125. The highest BCUT2D eigenvalue weighted by Gasteiger charge is 2.44. The molecule has 1 saturated heterocycles. The van der Waals surface area contributed by atoms with Crippen LogP contribution in [-0.2, 0) is 11.3 Å². The molecular weight excluding hydrogens is 282 g/mol. The summed E-state index contributed by atoms with van der Waals surface area (Å²) in [5, 5.41) is 38.5. The third-order valence-corrected chi connectivity index (χ3v) is 3.49. The smallest absolute Gasteiger partial charge is 0.167 e. The monoisotopic (exact) mass is 297 g/mol. The number of aromatic nitrogens is 4. The van der Waals surface area contributed by atoms with Crippen molar-refractivity contribution in [2.45, 2.75) is 31.1 Å². The van der Waals surface area contributed by atoms with Gasteiger partial charge in [0.2, 0.25) is 0 Å². The van der Waals surface area contributed by atoms with E-state index in [1.165, 1.54) is 10.9 Å². The molecule has 21 heavy (non-hydrogen) atoms. The minimum atomic E-state index is -1.30. The summed E-state index contributed by atoms with van der Waals surface area (Å²) in [4.78, 5) is 11.9. The van der Waals surface area contributed by atoms with E-state index in [1.807, 2.05) is 0 Å². The van der Waals surface area contributed by atoms with Gasteiger partial charge in [-0.15, -0.1) is 0 Å². The fourth-order valence-corrected chi connectivity index (χ4v) is 2.44. The molecule has 4 atom stereocenters. The predicted octanol–water partition coefficient (Wildman–Crippen LogP) is -2.49. The molecular formula is C11H15N5O5. The van der Waals surface area contributed by atoms with Gasteiger partial charge in [0.25, 0.3) is 0 Å². The second-order valence-corrected chi connectivity index (χ2v) is 4.72. The Labute approximate surface area is 118 Å². The molecule has 0 saturated carbocycles. The van der Waals surface area contributed by atoms with Crippen LogP contribution in [0.4, 0.5) is 5.82 Å². The summed E-state index contributed by atoms with van der Waals surface area (Å²) >= 11 is 0. The first kappa shape index (κ1) is 14.1. The number of rotatable bonds is 3. The molecule has 1 aliphatic rings. The Morgan fingerprint density at radius 2 is 2.00 bits per heavy atom. The van der Waals surface area contributed by atoms with Gasteiger partial charge in [-0.25, -0.2) is 15.0 Å². The molecule has 0 radical (unpaired) electrons. The van der Waals surface area contributed by atoms with Gasteiger partial charge in [-0.05, 0) is 0 Å². The second-order valence-electron chi connectivity index (χ2n) is 4.72. The molecule has 10 heteroatoms. The summed E-state index contributed by atoms with van der Waals surface area (Å²) < 4.78 is 6.77. The Kier molecular flexibility index (Phi) is 3.47. The Morgan fingerprint density at radius 1 is 1.24 bits per heavy atom. The van der Waals surface area contributed by atoms with Gasteiger partial charge in [-0.3, -0.25) is 4.57 Å². The van der Waals surface area contributed by atoms with E-state index in [2.05, 4.69) is 15.0 Å². The number of aliphatic hydroxyl groups is 4. The van der Waals surface area contributed by atoms with Gasteiger partial charge in [0.05, 0.1) is 6.61 Å². The zero-order valence-corrected chi connectivity index (χ0v) is 10.9. The van der Waals surface area contributed by atoms with Crippen LogP contribution in [0.25, 0.3) is 11.2 Å². The fourth-order valence-electron chi connectivity index (χ4n) is 2.44. The molecule has 1 aliphatic heterocycles. The van der Waals surface area contributed by atoms with Crippen LogP contribution in [0.1, 0.15) is 12.1 Å². The number of fused-ring (bicyclic) bond motifs is 1. The quantitative estimate of drug-likeness (QED) is 0.413. The zero-order valence-electron chi connectivity index (χ0n) is 10.9. The highest BCUT2D eigenvalue weighted by Crippen LogP contribution is 2.33. The number of imidazole rings is 1. The molecule has 114 valence electrons. The van der Waals surface area contributed by atoms with Crippen molar-refractivity contribution in [2.75, 3.05) is 12.3 Å². The predicted molar refractivity (Wildman–Crippen MR) is 68.7 cm³/mol. The highest BCUT2D eigenvalue weighted by molar-refractivity contribution is 5.81. The van der Waals surface area contributed by atoms with E-state index in [1.54, 1.807) is 0 Å². The van der Waals surface area contributed by atoms with Gasteiger partial charge in [-0.2, -0.15) is 0 Å². The molecule has 10 nitrogen and oxygen atoms in total. The van der Waals surface area contributed by atoms with E-state index in [4.69, 9.17) is 15.6 Å². The largest absolute Gasteiger partial charge is 0.394 e. The molecule has 0 spiro atoms. The third kappa shape index (κ3) is 2.04. The maximum absolute atomic E-state index is 10.1. The lowest BCUT2D eigenvalue weighted by Crippen LogP contribution is -2.33. The number of ether oxygens (including phenoxy) is 1. The number of hydrogen-bond donors (Lipinski definition) is 5. The first-order valence-corrected chi connectivity index (χ1v) is 6.29. The van der Waals surface area contributed by atoms with E-state index in [-0.39, 0.29) is 22.8 Å². The first-order valence-electron chi connectivity index (χ1n) is 6.29. The summed E-state index contributed by atoms with van der Waals surface area (Å²) in [5.74, 6) is 0.284. The Morgan fingerprint density at radius 3 is 2.62 bits per heavy atom. The van der Waals surface area contributed by atoms with E-state index in [9.17, 15) is 15.3 Å². The number of nitrogens with zero attached hydrogens (tertiary/aromatic N) is 4. The standard InChI is InChI=1S/C11H15N5O5/c12-9-6-10(14-3-13-9)16(5(2-18)15-6)11-8(20)7(19)4(1-17)21-11/h3-4,7-8,11,17-20H,1-2H2,(H2,12,13,14). The maximum Gasteiger partial charge on any atom is 0.167 e. The number of nitrogens with two attached hydrogens (primary N) is 1. The van der Waals surface area contributed by atoms with Gasteiger partial charge in [0.1, 0.15) is 37.1 Å². The van der Waals surface area contributed by atoms with Crippen molar-refractivity contribution in [3.05, 3.63) is 12.2 Å². The summed E-state index contributed by atoms with van der Waals surface area (Å²) in [6, 6.07) is 0. The van der Waals surface area contributed by atoms with Crippen LogP contribution in [0.15, 0.2) is 6.33 Å². The molecule has 2 aromatic rings. The lowest BCUT2D eigenvalue weighted by atomic mass is 10.1. The summed E-state index contributed by atoms with van der Waals surface area (Å²) in [7, 11) is 0. The van der Waals surface area contributed by atoms with Gasteiger partial charge >= 0.3 is 0 Å². The van der Waals surface area contributed by atoms with E-state index >= 15 is 0 Å². The molecule has 3 heterocycles. The summed E-state index contributed by atoms with van der Waals surface area (Å²) in [6.45, 7) is -0.894. The van der Waals surface area contributed by atoms with Crippen molar-refractivity contribution in [3.8, 4) is 0 Å². The number of aliphatic hydroxyl groups excluding tert-OH is 4. The molecule has 6 N–H and O–H groups in total. The second kappa shape index (κ2) is 5.16. The van der Waals surface area contributed by atoms with Gasteiger partial charge < -0.3 is 30.9 Å². The maximum atomic E-state index is 10.1. The van der Waals surface area contributed by atoms with Crippen molar-refractivity contribution in [1.82, 2.24) is 19.5 Å². The SMILES string of the molecule is Nc1ncnc2c1nc(CO)n2C1OC(CO)C(O)C1O. The van der Waals surface area contributed by atoms with Crippen LogP contribution in [0.2, 0.25) is 0 Å². The lowest BCUT2D eigenvalue weighted by Gasteiger charge is -2.18. The number of anilines is 1. The summed E-state index contributed by atoms with van der Waals surface area (Å²) in [5.41, 5.74) is 6.23. The molecule has 3 rings (SSSR count). The molecule has 0 aromatic carbocycles. The molecule has 2 aromatic heterocycles. The molecule has 0 amide bonds. The van der Waals surface area contributed by atoms with Gasteiger partial charge in [0, 0.05) is 0 Å². The average Bonchev–Trinajstić information content (AvgIpc) is 2.99. The van der Waals surface area contributed by atoms with Gasteiger partial charge in [-0.1, -0.05) is 0 Å². The topological polar surface area (TPSA) is 160 Å². The van der Waals surface area contributed by atoms with E-state index < -0.39 is 37.8 Å². The Hall–Kier alpha value is -1.85. The van der Waals surface area contributed by atoms with Crippen LogP contribution in [0.3, 0.4) is 0 Å². The van der Waals surface area contributed by atoms with E-state index in [0.29, 0.717) is 0 Å². The van der Waals surface area contributed by atoms with Gasteiger partial charge in [0.15, 0.2) is 23.2 Å². The zero-order chi connectivity index (χ0) is 15.1. The molecule has 0 aliphatic carbocycles. The van der Waals surface area contributed by atoms with Crippen molar-refractivity contribution < 1.29 is 25.2 Å².